The molecule has 0 saturated heterocycles. The molecule has 0 heterocycles. The third-order valence-electron chi connectivity index (χ3n) is 3.78. The van der Waals surface area contributed by atoms with E-state index in [9.17, 15) is 9.59 Å². The number of aliphatic carboxylic acids is 1. The molecule has 0 aromatic carbocycles. The lowest BCUT2D eigenvalue weighted by Gasteiger charge is -2.18. The Morgan fingerprint density at radius 1 is 1.21 bits per heavy atom. The first-order valence-corrected chi connectivity index (χ1v) is 7.38. The number of nitrogens with one attached hydrogen (secondary N) is 2. The van der Waals surface area contributed by atoms with Crippen LogP contribution in [0.2, 0.25) is 0 Å². The van der Waals surface area contributed by atoms with E-state index in [1.54, 1.807) is 0 Å². The van der Waals surface area contributed by atoms with E-state index in [0.29, 0.717) is 6.54 Å². The Kier molecular flexibility index (Phi) is 7.30. The van der Waals surface area contributed by atoms with Crippen LogP contribution >= 0.6 is 0 Å². The van der Waals surface area contributed by atoms with E-state index in [1.807, 2.05) is 6.92 Å². The molecule has 0 bridgehead atoms. The second-order valence-corrected chi connectivity index (χ2v) is 5.41. The SMILES string of the molecule is CCC(CNC(=O)NC1CCCCCC1)CC(=O)O. The summed E-state index contributed by atoms with van der Waals surface area (Å²) in [5.41, 5.74) is 0. The van der Waals surface area contributed by atoms with Gasteiger partial charge in [-0.25, -0.2) is 4.79 Å². The Bertz CT molecular complexity index is 286. The fourth-order valence-electron chi connectivity index (χ4n) is 2.50. The van der Waals surface area contributed by atoms with Crippen LogP contribution in [0.4, 0.5) is 4.79 Å². The molecule has 0 aromatic rings. The van der Waals surface area contributed by atoms with Crippen molar-refractivity contribution in [1.29, 1.82) is 0 Å². The van der Waals surface area contributed by atoms with Crippen molar-refractivity contribution in [3.63, 3.8) is 0 Å². The smallest absolute Gasteiger partial charge is 0.315 e. The molecule has 0 spiro atoms. The van der Waals surface area contributed by atoms with Gasteiger partial charge in [-0.15, -0.1) is 0 Å². The van der Waals surface area contributed by atoms with Gasteiger partial charge in [-0.3, -0.25) is 4.79 Å². The highest BCUT2D eigenvalue weighted by molar-refractivity contribution is 5.74. The minimum absolute atomic E-state index is 0.0115. The van der Waals surface area contributed by atoms with Gasteiger partial charge in [0, 0.05) is 19.0 Å². The van der Waals surface area contributed by atoms with Gasteiger partial charge in [0.1, 0.15) is 0 Å². The number of rotatable bonds is 6. The van der Waals surface area contributed by atoms with Crippen molar-refractivity contribution in [3.05, 3.63) is 0 Å². The standard InChI is InChI=1S/C14H26N2O3/c1-2-11(9-13(17)18)10-15-14(19)16-12-7-5-3-4-6-8-12/h11-12H,2-10H2,1H3,(H,17,18)(H2,15,16,19). The topological polar surface area (TPSA) is 78.4 Å². The molecule has 1 rings (SSSR count). The van der Waals surface area contributed by atoms with Crippen LogP contribution in [0, 0.1) is 5.92 Å². The van der Waals surface area contributed by atoms with Crippen molar-refractivity contribution >= 4 is 12.0 Å². The highest BCUT2D eigenvalue weighted by Gasteiger charge is 2.16. The van der Waals surface area contributed by atoms with Crippen LogP contribution in [0.25, 0.3) is 0 Å². The molecule has 1 atom stereocenters. The number of carboxylic acids is 1. The van der Waals surface area contributed by atoms with Crippen LogP contribution in [-0.2, 0) is 4.79 Å². The van der Waals surface area contributed by atoms with Crippen LogP contribution in [-0.4, -0.2) is 29.7 Å². The lowest BCUT2D eigenvalue weighted by Crippen LogP contribution is -2.43. The average molecular weight is 270 g/mol. The number of amides is 2. The van der Waals surface area contributed by atoms with Gasteiger partial charge < -0.3 is 15.7 Å². The maximum absolute atomic E-state index is 11.8. The molecule has 0 radical (unpaired) electrons. The number of hydrogen-bond acceptors (Lipinski definition) is 2. The van der Waals surface area contributed by atoms with E-state index < -0.39 is 5.97 Å². The predicted molar refractivity (Wildman–Crippen MR) is 74.1 cm³/mol. The number of hydrogen-bond donors (Lipinski definition) is 3. The monoisotopic (exact) mass is 270 g/mol. The zero-order chi connectivity index (χ0) is 14.1. The van der Waals surface area contributed by atoms with Crippen LogP contribution in [0.3, 0.4) is 0 Å². The Hall–Kier alpha value is -1.26. The van der Waals surface area contributed by atoms with Gasteiger partial charge in [-0.2, -0.15) is 0 Å². The largest absolute Gasteiger partial charge is 0.481 e. The molecule has 1 fully saturated rings. The van der Waals surface area contributed by atoms with Crippen molar-refractivity contribution in [2.75, 3.05) is 6.54 Å². The molecule has 1 aliphatic rings. The van der Waals surface area contributed by atoms with Crippen molar-refractivity contribution in [1.82, 2.24) is 10.6 Å². The molecule has 5 heteroatoms. The predicted octanol–water partition coefficient (Wildman–Crippen LogP) is 2.51. The van der Waals surface area contributed by atoms with Crippen LogP contribution < -0.4 is 10.6 Å². The average Bonchev–Trinajstić information content (AvgIpc) is 2.62. The zero-order valence-electron chi connectivity index (χ0n) is 11.8. The summed E-state index contributed by atoms with van der Waals surface area (Å²) >= 11 is 0. The van der Waals surface area contributed by atoms with E-state index in [0.717, 1.165) is 19.3 Å². The number of urea groups is 1. The van der Waals surface area contributed by atoms with Gasteiger partial charge in [0.25, 0.3) is 0 Å². The van der Waals surface area contributed by atoms with Crippen LogP contribution in [0.5, 0.6) is 0 Å². The normalized spacial score (nSPS) is 18.4. The Morgan fingerprint density at radius 3 is 2.37 bits per heavy atom. The van der Waals surface area contributed by atoms with E-state index >= 15 is 0 Å². The quantitative estimate of drug-likeness (QED) is 0.649. The van der Waals surface area contributed by atoms with E-state index in [4.69, 9.17) is 5.11 Å². The fourth-order valence-corrected chi connectivity index (χ4v) is 2.50. The molecule has 19 heavy (non-hydrogen) atoms. The van der Waals surface area contributed by atoms with Crippen LogP contribution in [0.1, 0.15) is 58.3 Å². The summed E-state index contributed by atoms with van der Waals surface area (Å²) in [6.45, 7) is 2.37. The van der Waals surface area contributed by atoms with Crippen molar-refractivity contribution in [3.8, 4) is 0 Å². The maximum atomic E-state index is 11.8. The van der Waals surface area contributed by atoms with E-state index in [1.165, 1.54) is 25.7 Å². The summed E-state index contributed by atoms with van der Waals surface area (Å²) in [6, 6.07) is 0.123. The Balaban J connectivity index is 2.23. The van der Waals surface area contributed by atoms with Gasteiger partial charge in [-0.1, -0.05) is 39.0 Å². The summed E-state index contributed by atoms with van der Waals surface area (Å²) in [5, 5.41) is 14.5. The van der Waals surface area contributed by atoms with E-state index in [-0.39, 0.29) is 24.4 Å². The van der Waals surface area contributed by atoms with Crippen molar-refractivity contribution in [2.45, 2.75) is 64.3 Å². The third-order valence-corrected chi connectivity index (χ3v) is 3.78. The molecular weight excluding hydrogens is 244 g/mol. The Morgan fingerprint density at radius 2 is 1.84 bits per heavy atom. The Labute approximate surface area is 115 Å². The fraction of sp³-hybridized carbons (Fsp3) is 0.857. The maximum Gasteiger partial charge on any atom is 0.315 e. The van der Waals surface area contributed by atoms with Gasteiger partial charge >= 0.3 is 12.0 Å². The summed E-state index contributed by atoms with van der Waals surface area (Å²) in [7, 11) is 0. The molecule has 1 aliphatic carbocycles. The first-order valence-electron chi connectivity index (χ1n) is 7.38. The number of carbonyl (C=O) groups excluding carboxylic acids is 1. The molecule has 110 valence electrons. The second kappa shape index (κ2) is 8.77. The minimum Gasteiger partial charge on any atom is -0.481 e. The molecule has 2 amide bonds. The molecule has 0 aliphatic heterocycles. The van der Waals surface area contributed by atoms with Gasteiger partial charge in [0.15, 0.2) is 0 Å². The highest BCUT2D eigenvalue weighted by atomic mass is 16.4. The number of carbonyl (C=O) groups is 2. The lowest BCUT2D eigenvalue weighted by atomic mass is 10.0. The summed E-state index contributed by atoms with van der Waals surface area (Å²) in [6.07, 6.45) is 7.87. The summed E-state index contributed by atoms with van der Waals surface area (Å²) in [4.78, 5) is 22.4. The van der Waals surface area contributed by atoms with Crippen molar-refractivity contribution < 1.29 is 14.7 Å². The minimum atomic E-state index is -0.808. The summed E-state index contributed by atoms with van der Waals surface area (Å²) < 4.78 is 0. The van der Waals surface area contributed by atoms with Crippen LogP contribution in [0.15, 0.2) is 0 Å². The molecule has 0 aromatic heterocycles. The highest BCUT2D eigenvalue weighted by Crippen LogP contribution is 2.17. The molecule has 5 nitrogen and oxygen atoms in total. The zero-order valence-corrected chi connectivity index (χ0v) is 11.8. The molecule has 1 unspecified atom stereocenters. The van der Waals surface area contributed by atoms with Crippen molar-refractivity contribution in [2.24, 2.45) is 5.92 Å². The van der Waals surface area contributed by atoms with Gasteiger partial charge in [-0.05, 0) is 18.8 Å². The van der Waals surface area contributed by atoms with Gasteiger partial charge in [0.2, 0.25) is 0 Å². The first kappa shape index (κ1) is 15.8. The first-order chi connectivity index (χ1) is 9.11. The molecule has 3 N–H and O–H groups in total. The second-order valence-electron chi connectivity index (χ2n) is 5.41. The molecular formula is C14H26N2O3. The lowest BCUT2D eigenvalue weighted by molar-refractivity contribution is -0.138. The summed E-state index contributed by atoms with van der Waals surface area (Å²) in [5.74, 6) is -0.796. The van der Waals surface area contributed by atoms with E-state index in [2.05, 4.69) is 10.6 Å². The third kappa shape index (κ3) is 7.03. The number of carboxylic acid groups (broad SMARTS) is 1. The van der Waals surface area contributed by atoms with Gasteiger partial charge in [0.05, 0.1) is 0 Å². The molecule has 1 saturated carbocycles.